The second-order valence-electron chi connectivity index (χ2n) is 7.03. The Hall–Kier alpha value is -2.75. The molecule has 3 heteroatoms. The molecular formula is C26H21NS2. The minimum atomic E-state index is 0.975. The van der Waals surface area contributed by atoms with Crippen LogP contribution >= 0.6 is 23.1 Å². The van der Waals surface area contributed by atoms with Gasteiger partial charge in [-0.05, 0) is 47.0 Å². The van der Waals surface area contributed by atoms with E-state index in [0.717, 1.165) is 6.42 Å². The lowest BCUT2D eigenvalue weighted by Gasteiger charge is -2.17. The van der Waals surface area contributed by atoms with Gasteiger partial charge in [-0.3, -0.25) is 0 Å². The zero-order valence-electron chi connectivity index (χ0n) is 16.2. The molecule has 29 heavy (non-hydrogen) atoms. The topological polar surface area (TPSA) is 3.24 Å². The summed E-state index contributed by atoms with van der Waals surface area (Å²) in [5.41, 5.74) is 2.54. The minimum Gasteiger partial charge on any atom is -0.336 e. The second-order valence-corrected chi connectivity index (χ2v) is 9.18. The number of rotatable bonds is 4. The number of thioether (sulfide) groups is 1. The molecule has 0 bridgehead atoms. The third-order valence-corrected chi connectivity index (χ3v) is 7.73. The quantitative estimate of drug-likeness (QED) is 0.333. The van der Waals surface area contributed by atoms with Crippen molar-refractivity contribution in [2.45, 2.75) is 6.42 Å². The number of allylic oxidation sites excluding steroid dienone is 2. The SMILES string of the molecule is CN(c1ccccc1)c1ccc(C2=CCC=C(c3cccc4ccccc34)S2)s1. The van der Waals surface area contributed by atoms with Crippen LogP contribution in [0, 0.1) is 0 Å². The lowest BCUT2D eigenvalue weighted by Crippen LogP contribution is -2.06. The van der Waals surface area contributed by atoms with Gasteiger partial charge in [0.2, 0.25) is 0 Å². The maximum atomic E-state index is 2.35. The highest BCUT2D eigenvalue weighted by molar-refractivity contribution is 8.16. The molecule has 1 aliphatic heterocycles. The molecule has 1 nitrogen and oxygen atoms in total. The Labute approximate surface area is 180 Å². The van der Waals surface area contributed by atoms with Crippen molar-refractivity contribution in [3.8, 4) is 0 Å². The molecular weight excluding hydrogens is 390 g/mol. The van der Waals surface area contributed by atoms with Crippen molar-refractivity contribution in [1.29, 1.82) is 0 Å². The van der Waals surface area contributed by atoms with Gasteiger partial charge in [-0.25, -0.2) is 0 Å². The van der Waals surface area contributed by atoms with Crippen LogP contribution in [0.1, 0.15) is 16.9 Å². The van der Waals surface area contributed by atoms with Gasteiger partial charge < -0.3 is 4.90 Å². The van der Waals surface area contributed by atoms with E-state index in [1.165, 1.54) is 41.7 Å². The molecule has 3 aromatic carbocycles. The third kappa shape index (κ3) is 3.64. The molecule has 142 valence electrons. The molecule has 4 aromatic rings. The van der Waals surface area contributed by atoms with E-state index in [2.05, 4.69) is 109 Å². The normalized spacial score (nSPS) is 13.8. The highest BCUT2D eigenvalue weighted by Crippen LogP contribution is 2.47. The summed E-state index contributed by atoms with van der Waals surface area (Å²) in [5, 5.41) is 3.88. The van der Waals surface area contributed by atoms with Gasteiger partial charge in [0.05, 0.1) is 5.00 Å². The largest absolute Gasteiger partial charge is 0.336 e. The molecule has 5 rings (SSSR count). The first kappa shape index (κ1) is 18.3. The van der Waals surface area contributed by atoms with E-state index in [1.807, 2.05) is 23.1 Å². The van der Waals surface area contributed by atoms with Crippen molar-refractivity contribution < 1.29 is 0 Å². The van der Waals surface area contributed by atoms with Crippen LogP contribution in [0.15, 0.2) is 97.1 Å². The maximum absolute atomic E-state index is 2.35. The van der Waals surface area contributed by atoms with Gasteiger partial charge >= 0.3 is 0 Å². The molecule has 0 fully saturated rings. The number of hydrogen-bond acceptors (Lipinski definition) is 3. The van der Waals surface area contributed by atoms with Crippen molar-refractivity contribution in [1.82, 2.24) is 0 Å². The summed E-state index contributed by atoms with van der Waals surface area (Å²) in [6.45, 7) is 0. The molecule has 0 saturated heterocycles. The van der Waals surface area contributed by atoms with Crippen LogP contribution in [0.5, 0.6) is 0 Å². The van der Waals surface area contributed by atoms with Crippen LogP contribution in [0.3, 0.4) is 0 Å². The van der Waals surface area contributed by atoms with E-state index < -0.39 is 0 Å². The summed E-state index contributed by atoms with van der Waals surface area (Å²) in [6, 6.07) is 30.2. The molecule has 0 aliphatic carbocycles. The average Bonchev–Trinajstić information content (AvgIpc) is 3.29. The van der Waals surface area contributed by atoms with Crippen LogP contribution in [-0.2, 0) is 0 Å². The van der Waals surface area contributed by atoms with Gasteiger partial charge in [-0.15, -0.1) is 11.3 Å². The highest BCUT2D eigenvalue weighted by atomic mass is 32.2. The van der Waals surface area contributed by atoms with E-state index in [4.69, 9.17) is 0 Å². The minimum absolute atomic E-state index is 0.975. The van der Waals surface area contributed by atoms with Crippen LogP contribution in [0.25, 0.3) is 20.6 Å². The van der Waals surface area contributed by atoms with Gasteiger partial charge in [0.15, 0.2) is 0 Å². The third-order valence-electron chi connectivity index (χ3n) is 5.19. The highest BCUT2D eigenvalue weighted by Gasteiger charge is 2.16. The maximum Gasteiger partial charge on any atom is 0.0957 e. The zero-order chi connectivity index (χ0) is 19.6. The van der Waals surface area contributed by atoms with Crippen LogP contribution in [-0.4, -0.2) is 7.05 Å². The Balaban J connectivity index is 1.41. The average molecular weight is 412 g/mol. The summed E-state index contributed by atoms with van der Waals surface area (Å²) in [5.74, 6) is 0. The Kier molecular flexibility index (Phi) is 5.01. The van der Waals surface area contributed by atoms with Crippen LogP contribution < -0.4 is 4.90 Å². The number of para-hydroxylation sites is 1. The molecule has 0 unspecified atom stereocenters. The predicted octanol–water partition coefficient (Wildman–Crippen LogP) is 8.19. The molecule has 0 atom stereocenters. The first-order chi connectivity index (χ1) is 14.3. The predicted molar refractivity (Wildman–Crippen MR) is 131 cm³/mol. The lowest BCUT2D eigenvalue weighted by atomic mass is 10.0. The van der Waals surface area contributed by atoms with Crippen molar-refractivity contribution >= 4 is 54.4 Å². The van der Waals surface area contributed by atoms with Gasteiger partial charge in [-0.1, -0.05) is 84.6 Å². The number of fused-ring (bicyclic) bond motifs is 1. The molecule has 0 amide bonds. The van der Waals surface area contributed by atoms with E-state index in [9.17, 15) is 0 Å². The van der Waals surface area contributed by atoms with E-state index in [0.29, 0.717) is 0 Å². The monoisotopic (exact) mass is 411 g/mol. The second kappa shape index (κ2) is 7.94. The van der Waals surface area contributed by atoms with Crippen molar-refractivity contribution in [2.24, 2.45) is 0 Å². The van der Waals surface area contributed by atoms with Gasteiger partial charge in [-0.2, -0.15) is 0 Å². The number of benzene rings is 3. The Morgan fingerprint density at radius 1 is 0.724 bits per heavy atom. The fourth-order valence-electron chi connectivity index (χ4n) is 3.65. The number of thiophene rings is 1. The van der Waals surface area contributed by atoms with Crippen LogP contribution in [0.4, 0.5) is 10.7 Å². The standard InChI is InChI=1S/C26H21NS2/c1-27(20-11-3-2-4-12-20)26-18-17-25(29-26)24-16-8-15-23(28-24)22-14-7-10-19-9-5-6-13-21(19)22/h2-7,9-18H,8H2,1H3. The van der Waals surface area contributed by atoms with Crippen molar-refractivity contribution in [2.75, 3.05) is 11.9 Å². The van der Waals surface area contributed by atoms with E-state index in [1.54, 1.807) is 0 Å². The molecule has 0 radical (unpaired) electrons. The summed E-state index contributed by atoms with van der Waals surface area (Å²) >= 11 is 3.74. The molecule has 1 aromatic heterocycles. The first-order valence-corrected chi connectivity index (χ1v) is 11.4. The summed E-state index contributed by atoms with van der Waals surface area (Å²) in [7, 11) is 2.13. The zero-order valence-corrected chi connectivity index (χ0v) is 17.8. The van der Waals surface area contributed by atoms with Gasteiger partial charge in [0.25, 0.3) is 0 Å². The van der Waals surface area contributed by atoms with Crippen LogP contribution in [0.2, 0.25) is 0 Å². The molecule has 0 saturated carbocycles. The van der Waals surface area contributed by atoms with Gasteiger partial charge in [0.1, 0.15) is 0 Å². The number of anilines is 2. The molecule has 0 spiro atoms. The number of nitrogens with zero attached hydrogens (tertiary/aromatic N) is 1. The first-order valence-electron chi connectivity index (χ1n) is 9.75. The smallest absolute Gasteiger partial charge is 0.0957 e. The summed E-state index contributed by atoms with van der Waals surface area (Å²) in [6.07, 6.45) is 5.67. The molecule has 1 aliphatic rings. The van der Waals surface area contributed by atoms with Gasteiger partial charge in [0, 0.05) is 27.4 Å². The fraction of sp³-hybridized carbons (Fsp3) is 0.0769. The summed E-state index contributed by atoms with van der Waals surface area (Å²) in [4.78, 5) is 6.29. The Morgan fingerprint density at radius 2 is 1.48 bits per heavy atom. The fourth-order valence-corrected chi connectivity index (χ4v) is 5.88. The number of hydrogen-bond donors (Lipinski definition) is 0. The summed E-state index contributed by atoms with van der Waals surface area (Å²) < 4.78 is 0. The molecule has 2 heterocycles. The Morgan fingerprint density at radius 3 is 2.38 bits per heavy atom. The Bertz CT molecular complexity index is 1210. The van der Waals surface area contributed by atoms with E-state index >= 15 is 0 Å². The lowest BCUT2D eigenvalue weighted by molar-refractivity contribution is 1.24. The van der Waals surface area contributed by atoms with E-state index in [-0.39, 0.29) is 0 Å². The van der Waals surface area contributed by atoms with Crippen molar-refractivity contribution in [3.05, 3.63) is 108 Å². The molecule has 0 N–H and O–H groups in total. The van der Waals surface area contributed by atoms with Crippen molar-refractivity contribution in [3.63, 3.8) is 0 Å².